The van der Waals surface area contributed by atoms with Gasteiger partial charge in [-0.15, -0.1) is 0 Å². The van der Waals surface area contributed by atoms with E-state index < -0.39 is 0 Å². The molecule has 0 rings (SSSR count). The lowest BCUT2D eigenvalue weighted by Gasteiger charge is -2.29. The molecule has 0 aromatic heterocycles. The SMILES string of the molecule is CSCC(=O)NC(CO)C(C)(C)C. The topological polar surface area (TPSA) is 49.3 Å². The summed E-state index contributed by atoms with van der Waals surface area (Å²) in [7, 11) is 0. The molecule has 0 bridgehead atoms. The highest BCUT2D eigenvalue weighted by Crippen LogP contribution is 2.18. The molecule has 0 saturated carbocycles. The van der Waals surface area contributed by atoms with E-state index in [0.717, 1.165) is 0 Å². The minimum Gasteiger partial charge on any atom is -0.394 e. The molecule has 3 nitrogen and oxygen atoms in total. The number of nitrogens with one attached hydrogen (secondary N) is 1. The van der Waals surface area contributed by atoms with Crippen LogP contribution in [0.3, 0.4) is 0 Å². The van der Waals surface area contributed by atoms with Gasteiger partial charge in [-0.05, 0) is 11.7 Å². The molecule has 0 radical (unpaired) electrons. The third-order valence-electron chi connectivity index (χ3n) is 1.84. The Morgan fingerprint density at radius 2 is 2.08 bits per heavy atom. The van der Waals surface area contributed by atoms with Crippen molar-refractivity contribution in [1.29, 1.82) is 0 Å². The summed E-state index contributed by atoms with van der Waals surface area (Å²) in [4.78, 5) is 11.2. The third kappa shape index (κ3) is 5.16. The number of rotatable bonds is 4. The van der Waals surface area contributed by atoms with E-state index >= 15 is 0 Å². The lowest BCUT2D eigenvalue weighted by Crippen LogP contribution is -2.46. The number of carbonyl (C=O) groups is 1. The van der Waals surface area contributed by atoms with Gasteiger partial charge >= 0.3 is 0 Å². The Morgan fingerprint density at radius 3 is 2.38 bits per heavy atom. The maximum absolute atomic E-state index is 11.2. The second kappa shape index (κ2) is 5.50. The minimum absolute atomic E-state index is 0.0103. The molecule has 0 aliphatic rings. The molecule has 2 N–H and O–H groups in total. The van der Waals surface area contributed by atoms with Gasteiger partial charge in [0.2, 0.25) is 5.91 Å². The van der Waals surface area contributed by atoms with Crippen LogP contribution < -0.4 is 5.32 Å². The molecule has 0 aromatic rings. The lowest BCUT2D eigenvalue weighted by molar-refractivity contribution is -0.120. The summed E-state index contributed by atoms with van der Waals surface area (Å²) in [5.74, 6) is 0.438. The van der Waals surface area contributed by atoms with Crippen LogP contribution in [0.4, 0.5) is 0 Å². The van der Waals surface area contributed by atoms with Gasteiger partial charge in [-0.3, -0.25) is 4.79 Å². The number of aliphatic hydroxyl groups is 1. The van der Waals surface area contributed by atoms with E-state index in [9.17, 15) is 4.79 Å². The van der Waals surface area contributed by atoms with Gasteiger partial charge in [0.1, 0.15) is 0 Å². The van der Waals surface area contributed by atoms with Gasteiger partial charge in [0.05, 0.1) is 18.4 Å². The fourth-order valence-electron chi connectivity index (χ4n) is 0.903. The van der Waals surface area contributed by atoms with Crippen molar-refractivity contribution in [3.05, 3.63) is 0 Å². The van der Waals surface area contributed by atoms with E-state index in [4.69, 9.17) is 5.11 Å². The quantitative estimate of drug-likeness (QED) is 0.716. The van der Waals surface area contributed by atoms with Crippen LogP contribution in [0.25, 0.3) is 0 Å². The summed E-state index contributed by atoms with van der Waals surface area (Å²) in [5.41, 5.74) is -0.0944. The average Bonchev–Trinajstić information content (AvgIpc) is 1.98. The Labute approximate surface area is 84.3 Å². The van der Waals surface area contributed by atoms with Gasteiger partial charge in [-0.25, -0.2) is 0 Å². The van der Waals surface area contributed by atoms with E-state index in [-0.39, 0.29) is 24.0 Å². The Balaban J connectivity index is 4.06. The van der Waals surface area contributed by atoms with Crippen LogP contribution in [0, 0.1) is 5.41 Å². The van der Waals surface area contributed by atoms with Crippen molar-refractivity contribution < 1.29 is 9.90 Å². The zero-order valence-electron chi connectivity index (χ0n) is 8.76. The molecule has 13 heavy (non-hydrogen) atoms. The van der Waals surface area contributed by atoms with Crippen LogP contribution in [0.1, 0.15) is 20.8 Å². The van der Waals surface area contributed by atoms with E-state index in [0.29, 0.717) is 5.75 Å². The van der Waals surface area contributed by atoms with Gasteiger partial charge < -0.3 is 10.4 Å². The minimum atomic E-state index is -0.160. The molecular weight excluding hydrogens is 186 g/mol. The molecule has 0 fully saturated rings. The molecule has 4 heteroatoms. The van der Waals surface area contributed by atoms with Crippen LogP contribution in [0.15, 0.2) is 0 Å². The average molecular weight is 205 g/mol. The zero-order valence-corrected chi connectivity index (χ0v) is 9.57. The van der Waals surface area contributed by atoms with Crippen LogP contribution >= 0.6 is 11.8 Å². The first-order valence-corrected chi connectivity index (χ1v) is 5.70. The standard InChI is InChI=1S/C9H19NO2S/c1-9(2,3)7(5-11)10-8(12)6-13-4/h7,11H,5-6H2,1-4H3,(H,10,12). The van der Waals surface area contributed by atoms with Crippen LogP contribution in [0.5, 0.6) is 0 Å². The first-order chi connectivity index (χ1) is 5.91. The molecule has 0 aliphatic heterocycles. The molecule has 78 valence electrons. The smallest absolute Gasteiger partial charge is 0.230 e. The van der Waals surface area contributed by atoms with Gasteiger partial charge in [0.25, 0.3) is 0 Å². The summed E-state index contributed by atoms with van der Waals surface area (Å²) in [6.45, 7) is 5.97. The highest BCUT2D eigenvalue weighted by molar-refractivity contribution is 7.99. The van der Waals surface area contributed by atoms with Crippen molar-refractivity contribution in [2.75, 3.05) is 18.6 Å². The molecule has 0 saturated heterocycles. The van der Waals surface area contributed by atoms with Gasteiger partial charge in [0, 0.05) is 0 Å². The van der Waals surface area contributed by atoms with Gasteiger partial charge in [0.15, 0.2) is 0 Å². The van der Waals surface area contributed by atoms with Crippen molar-refractivity contribution in [1.82, 2.24) is 5.32 Å². The first kappa shape index (κ1) is 12.8. The number of hydrogen-bond acceptors (Lipinski definition) is 3. The second-order valence-electron chi connectivity index (χ2n) is 4.10. The fraction of sp³-hybridized carbons (Fsp3) is 0.889. The van der Waals surface area contributed by atoms with Crippen molar-refractivity contribution in [2.24, 2.45) is 5.41 Å². The van der Waals surface area contributed by atoms with E-state index in [1.165, 1.54) is 11.8 Å². The van der Waals surface area contributed by atoms with Crippen LogP contribution in [-0.4, -0.2) is 35.7 Å². The summed E-state index contributed by atoms with van der Waals surface area (Å²) < 4.78 is 0. The Kier molecular flexibility index (Phi) is 5.40. The number of carbonyl (C=O) groups excluding carboxylic acids is 1. The van der Waals surface area contributed by atoms with E-state index in [1.54, 1.807) is 0 Å². The Hall–Kier alpha value is -0.220. The normalized spacial score (nSPS) is 13.9. The predicted molar refractivity (Wildman–Crippen MR) is 56.9 cm³/mol. The van der Waals surface area contributed by atoms with Crippen molar-refractivity contribution in [2.45, 2.75) is 26.8 Å². The van der Waals surface area contributed by atoms with E-state index in [2.05, 4.69) is 5.32 Å². The Morgan fingerprint density at radius 1 is 1.54 bits per heavy atom. The molecule has 0 heterocycles. The monoisotopic (exact) mass is 205 g/mol. The maximum Gasteiger partial charge on any atom is 0.230 e. The summed E-state index contributed by atoms with van der Waals surface area (Å²) in [5, 5.41) is 11.9. The van der Waals surface area contributed by atoms with Gasteiger partial charge in [-0.2, -0.15) is 11.8 Å². The summed E-state index contributed by atoms with van der Waals surface area (Å²) in [6, 6.07) is -0.160. The van der Waals surface area contributed by atoms with Crippen LogP contribution in [0.2, 0.25) is 0 Å². The number of hydrogen-bond donors (Lipinski definition) is 2. The van der Waals surface area contributed by atoms with Gasteiger partial charge in [-0.1, -0.05) is 20.8 Å². The lowest BCUT2D eigenvalue weighted by atomic mass is 9.87. The summed E-state index contributed by atoms with van der Waals surface area (Å²) in [6.07, 6.45) is 1.88. The van der Waals surface area contributed by atoms with Crippen LogP contribution in [-0.2, 0) is 4.79 Å². The van der Waals surface area contributed by atoms with E-state index in [1.807, 2.05) is 27.0 Å². The highest BCUT2D eigenvalue weighted by Gasteiger charge is 2.24. The molecule has 0 aliphatic carbocycles. The number of thioether (sulfide) groups is 1. The molecule has 1 amide bonds. The summed E-state index contributed by atoms with van der Waals surface area (Å²) >= 11 is 1.48. The Bertz CT molecular complexity index is 165. The zero-order chi connectivity index (χ0) is 10.5. The molecular formula is C9H19NO2S. The number of aliphatic hydroxyl groups excluding tert-OH is 1. The second-order valence-corrected chi connectivity index (χ2v) is 4.97. The highest BCUT2D eigenvalue weighted by atomic mass is 32.2. The van der Waals surface area contributed by atoms with Crippen molar-refractivity contribution >= 4 is 17.7 Å². The first-order valence-electron chi connectivity index (χ1n) is 4.31. The fourth-order valence-corrected chi connectivity index (χ4v) is 1.25. The predicted octanol–water partition coefficient (Wildman–Crippen LogP) is 0.873. The van der Waals surface area contributed by atoms with Crippen molar-refractivity contribution in [3.63, 3.8) is 0 Å². The molecule has 0 spiro atoms. The number of amides is 1. The largest absolute Gasteiger partial charge is 0.394 e. The maximum atomic E-state index is 11.2. The third-order valence-corrected chi connectivity index (χ3v) is 2.39. The molecule has 1 atom stereocenters. The molecule has 0 aromatic carbocycles. The molecule has 1 unspecified atom stereocenters. The van der Waals surface area contributed by atoms with Crippen molar-refractivity contribution in [3.8, 4) is 0 Å².